The minimum Gasteiger partial charge on any atom is -0.382 e. The Morgan fingerprint density at radius 1 is 1.03 bits per heavy atom. The second-order valence-electron chi connectivity index (χ2n) is 8.11. The van der Waals surface area contributed by atoms with Crippen LogP contribution < -0.4 is 16.5 Å². The summed E-state index contributed by atoms with van der Waals surface area (Å²) in [6.45, 7) is 4.05. The average molecular weight is 473 g/mol. The fourth-order valence-corrected chi connectivity index (χ4v) is 4.51. The second-order valence-corrected chi connectivity index (χ2v) is 10.6. The van der Waals surface area contributed by atoms with Gasteiger partial charge in [0.25, 0.3) is 0 Å². The molecular formula is C24H24BN5O3S. The van der Waals surface area contributed by atoms with Gasteiger partial charge in [-0.25, -0.2) is 18.4 Å². The van der Waals surface area contributed by atoms with Crippen LogP contribution in [0.1, 0.15) is 19.4 Å². The molecule has 0 saturated carbocycles. The number of hydrogen-bond acceptors (Lipinski definition) is 8. The van der Waals surface area contributed by atoms with Gasteiger partial charge in [-0.05, 0) is 44.1 Å². The van der Waals surface area contributed by atoms with Crippen molar-refractivity contribution in [3.8, 4) is 34.0 Å². The quantitative estimate of drug-likeness (QED) is 0.393. The fourth-order valence-electron chi connectivity index (χ4n) is 3.45. The van der Waals surface area contributed by atoms with Crippen LogP contribution in [-0.2, 0) is 16.4 Å². The van der Waals surface area contributed by atoms with E-state index in [-0.39, 0.29) is 22.2 Å². The Labute approximate surface area is 199 Å². The SMILES string of the molecule is [B]c1c(-c2ccc(CNC)cc2)noc1-c1nc(-c2ccc(S(=O)(=O)C(C)C)cc2)cnc1N. The van der Waals surface area contributed by atoms with Crippen LogP contribution in [0.15, 0.2) is 64.1 Å². The summed E-state index contributed by atoms with van der Waals surface area (Å²) in [4.78, 5) is 9.07. The van der Waals surface area contributed by atoms with E-state index in [0.717, 1.165) is 17.7 Å². The summed E-state index contributed by atoms with van der Waals surface area (Å²) in [6.07, 6.45) is 1.51. The standard InChI is InChI=1S/C24H24BN5O3S/c1-14(2)34(31,32)18-10-8-16(9-11-18)19-13-28-24(26)22(29-19)23-20(25)21(30-33-23)17-6-4-15(5-7-17)12-27-3/h4-11,13-14,27H,12H2,1-3H3,(H2,26,28). The molecule has 34 heavy (non-hydrogen) atoms. The molecule has 3 N–H and O–H groups in total. The smallest absolute Gasteiger partial charge is 0.182 e. The molecule has 0 fully saturated rings. The first-order valence-electron chi connectivity index (χ1n) is 10.7. The molecule has 172 valence electrons. The van der Waals surface area contributed by atoms with Crippen LogP contribution in [0.3, 0.4) is 0 Å². The molecule has 4 rings (SSSR count). The van der Waals surface area contributed by atoms with Gasteiger partial charge in [-0.3, -0.25) is 0 Å². The average Bonchev–Trinajstić information content (AvgIpc) is 3.21. The van der Waals surface area contributed by atoms with Crippen molar-refractivity contribution >= 4 is 29.0 Å². The first-order valence-corrected chi connectivity index (χ1v) is 12.2. The van der Waals surface area contributed by atoms with Gasteiger partial charge in [-0.1, -0.05) is 41.6 Å². The highest BCUT2D eigenvalue weighted by atomic mass is 32.2. The Hall–Kier alpha value is -3.50. The Kier molecular flexibility index (Phi) is 6.54. The third-order valence-corrected chi connectivity index (χ3v) is 7.62. The number of nitrogens with two attached hydrogens (primary N) is 1. The molecule has 0 saturated heterocycles. The topological polar surface area (TPSA) is 124 Å². The Morgan fingerprint density at radius 3 is 2.29 bits per heavy atom. The number of rotatable bonds is 7. The summed E-state index contributed by atoms with van der Waals surface area (Å²) >= 11 is 0. The van der Waals surface area contributed by atoms with Gasteiger partial charge in [0.1, 0.15) is 13.5 Å². The maximum atomic E-state index is 12.4. The minimum absolute atomic E-state index is 0.140. The molecule has 2 aromatic carbocycles. The number of benzene rings is 2. The summed E-state index contributed by atoms with van der Waals surface area (Å²) in [7, 11) is 4.88. The van der Waals surface area contributed by atoms with Gasteiger partial charge in [-0.15, -0.1) is 0 Å². The van der Waals surface area contributed by atoms with E-state index in [1.807, 2.05) is 31.3 Å². The van der Waals surface area contributed by atoms with Gasteiger partial charge in [0.05, 0.1) is 22.0 Å². The van der Waals surface area contributed by atoms with Gasteiger partial charge >= 0.3 is 0 Å². The lowest BCUT2D eigenvalue weighted by molar-refractivity contribution is 0.434. The van der Waals surface area contributed by atoms with Crippen LogP contribution in [-0.4, -0.2) is 43.7 Å². The van der Waals surface area contributed by atoms with E-state index in [0.29, 0.717) is 22.4 Å². The third kappa shape index (κ3) is 4.46. The van der Waals surface area contributed by atoms with Crippen LogP contribution in [0.2, 0.25) is 0 Å². The number of hydrogen-bond donors (Lipinski definition) is 2. The lowest BCUT2D eigenvalue weighted by atomic mass is 9.89. The van der Waals surface area contributed by atoms with Crippen LogP contribution in [0.25, 0.3) is 34.0 Å². The van der Waals surface area contributed by atoms with E-state index in [2.05, 4.69) is 20.4 Å². The zero-order chi connectivity index (χ0) is 24.5. The molecule has 4 aromatic rings. The molecule has 0 aliphatic heterocycles. The van der Waals surface area contributed by atoms with Crippen molar-refractivity contribution in [1.82, 2.24) is 20.4 Å². The van der Waals surface area contributed by atoms with E-state index in [1.165, 1.54) is 6.20 Å². The summed E-state index contributed by atoms with van der Waals surface area (Å²) in [5, 5.41) is 6.72. The maximum absolute atomic E-state index is 12.4. The molecular weight excluding hydrogens is 449 g/mol. The Morgan fingerprint density at radius 2 is 1.68 bits per heavy atom. The summed E-state index contributed by atoms with van der Waals surface area (Å²) in [6, 6.07) is 14.3. The molecule has 0 aliphatic rings. The van der Waals surface area contributed by atoms with Gasteiger partial charge in [0.15, 0.2) is 27.1 Å². The van der Waals surface area contributed by atoms with Crippen molar-refractivity contribution < 1.29 is 12.9 Å². The number of aromatic nitrogens is 3. The van der Waals surface area contributed by atoms with Crippen LogP contribution in [0, 0.1) is 0 Å². The van der Waals surface area contributed by atoms with Gasteiger partial charge in [0.2, 0.25) is 0 Å². The summed E-state index contributed by atoms with van der Waals surface area (Å²) in [5.41, 5.74) is 10.2. The zero-order valence-electron chi connectivity index (χ0n) is 19.1. The highest BCUT2D eigenvalue weighted by molar-refractivity contribution is 7.92. The number of anilines is 1. The number of sulfone groups is 1. The Balaban J connectivity index is 1.68. The minimum atomic E-state index is -3.37. The first kappa shape index (κ1) is 23.7. The fraction of sp³-hybridized carbons (Fsp3) is 0.208. The highest BCUT2D eigenvalue weighted by Crippen LogP contribution is 2.28. The van der Waals surface area contributed by atoms with E-state index in [1.54, 1.807) is 38.1 Å². The molecule has 0 unspecified atom stereocenters. The van der Waals surface area contributed by atoms with Crippen LogP contribution in [0.4, 0.5) is 5.82 Å². The monoisotopic (exact) mass is 473 g/mol. The molecule has 2 heterocycles. The lowest BCUT2D eigenvalue weighted by Crippen LogP contribution is -2.13. The third-order valence-electron chi connectivity index (χ3n) is 5.45. The molecule has 8 nitrogen and oxygen atoms in total. The number of nitrogens with zero attached hydrogens (tertiary/aromatic N) is 3. The van der Waals surface area contributed by atoms with E-state index >= 15 is 0 Å². The van der Waals surface area contributed by atoms with Crippen molar-refractivity contribution in [2.75, 3.05) is 12.8 Å². The molecule has 2 radical (unpaired) electrons. The maximum Gasteiger partial charge on any atom is 0.182 e. The largest absolute Gasteiger partial charge is 0.382 e. The van der Waals surface area contributed by atoms with Crippen molar-refractivity contribution in [3.05, 3.63) is 60.3 Å². The second kappa shape index (κ2) is 9.40. The molecule has 0 atom stereocenters. The summed E-state index contributed by atoms with van der Waals surface area (Å²) in [5.74, 6) is 0.363. The molecule has 10 heteroatoms. The molecule has 0 spiro atoms. The predicted octanol–water partition coefficient (Wildman–Crippen LogP) is 2.74. The molecule has 0 bridgehead atoms. The van der Waals surface area contributed by atoms with Gasteiger partial charge in [-0.2, -0.15) is 0 Å². The molecule has 0 amide bonds. The van der Waals surface area contributed by atoms with Crippen molar-refractivity contribution in [1.29, 1.82) is 0 Å². The summed E-state index contributed by atoms with van der Waals surface area (Å²) < 4.78 is 30.3. The van der Waals surface area contributed by atoms with Crippen molar-refractivity contribution in [3.63, 3.8) is 0 Å². The predicted molar refractivity (Wildman–Crippen MR) is 133 cm³/mol. The Bertz CT molecular complexity index is 1420. The van der Waals surface area contributed by atoms with E-state index in [4.69, 9.17) is 18.1 Å². The highest BCUT2D eigenvalue weighted by Gasteiger charge is 2.21. The van der Waals surface area contributed by atoms with E-state index < -0.39 is 15.1 Å². The zero-order valence-corrected chi connectivity index (χ0v) is 19.9. The number of nitrogen functional groups attached to an aromatic ring is 1. The van der Waals surface area contributed by atoms with Crippen LogP contribution in [0.5, 0.6) is 0 Å². The normalized spacial score (nSPS) is 11.8. The molecule has 2 aromatic heterocycles. The van der Waals surface area contributed by atoms with Gasteiger partial charge in [0, 0.05) is 17.7 Å². The molecule has 0 aliphatic carbocycles. The van der Waals surface area contributed by atoms with Crippen molar-refractivity contribution in [2.45, 2.75) is 30.5 Å². The first-order chi connectivity index (χ1) is 16.2. The number of nitrogens with one attached hydrogen (secondary N) is 1. The van der Waals surface area contributed by atoms with Crippen LogP contribution >= 0.6 is 0 Å². The van der Waals surface area contributed by atoms with Crippen molar-refractivity contribution in [2.24, 2.45) is 0 Å². The van der Waals surface area contributed by atoms with E-state index in [9.17, 15) is 8.42 Å². The lowest BCUT2D eigenvalue weighted by Gasteiger charge is -2.09. The van der Waals surface area contributed by atoms with Gasteiger partial charge < -0.3 is 15.6 Å².